The van der Waals surface area contributed by atoms with Gasteiger partial charge in [0.05, 0.1) is 5.56 Å². The molecule has 8 nitrogen and oxygen atoms in total. The van der Waals surface area contributed by atoms with Crippen LogP contribution in [0, 0.1) is 6.92 Å². The summed E-state index contributed by atoms with van der Waals surface area (Å²) in [6.07, 6.45) is 3.40. The molecule has 1 saturated heterocycles. The fourth-order valence-electron chi connectivity index (χ4n) is 3.30. The lowest BCUT2D eigenvalue weighted by molar-refractivity contribution is 0.0744. The number of amides is 1. The lowest BCUT2D eigenvalue weighted by Crippen LogP contribution is -2.49. The van der Waals surface area contributed by atoms with E-state index in [4.69, 9.17) is 4.42 Å². The molecule has 0 aromatic carbocycles. The van der Waals surface area contributed by atoms with E-state index in [1.165, 1.54) is 0 Å². The molecule has 3 aromatic rings. The third-order valence-corrected chi connectivity index (χ3v) is 4.82. The second kappa shape index (κ2) is 6.44. The molecular formula is C18H22N6O2. The maximum Gasteiger partial charge on any atom is 0.257 e. The zero-order valence-corrected chi connectivity index (χ0v) is 15.2. The number of carbonyl (C=O) groups excluding carboxylic acids is 1. The van der Waals surface area contributed by atoms with Gasteiger partial charge in [-0.1, -0.05) is 13.8 Å². The Kier molecular flexibility index (Phi) is 4.10. The number of hydrogen-bond acceptors (Lipinski definition) is 6. The summed E-state index contributed by atoms with van der Waals surface area (Å²) in [7, 11) is 0. The van der Waals surface area contributed by atoms with E-state index in [1.54, 1.807) is 12.5 Å². The SMILES string of the molecule is Cc1oc(C(C)C)cc1C(=O)N1CCN(c2ccnc3nncn23)CC1. The normalized spacial score (nSPS) is 15.2. The van der Waals surface area contributed by atoms with Crippen LogP contribution in [0.15, 0.2) is 29.1 Å². The number of carbonyl (C=O) groups is 1. The summed E-state index contributed by atoms with van der Waals surface area (Å²) in [5, 5.41) is 7.90. The molecule has 4 rings (SSSR count). The molecule has 1 aliphatic heterocycles. The molecule has 136 valence electrons. The minimum absolute atomic E-state index is 0.0435. The number of rotatable bonds is 3. The van der Waals surface area contributed by atoms with Crippen molar-refractivity contribution >= 4 is 17.5 Å². The van der Waals surface area contributed by atoms with Crippen LogP contribution >= 0.6 is 0 Å². The third kappa shape index (κ3) is 2.81. The molecule has 3 aromatic heterocycles. The van der Waals surface area contributed by atoms with Crippen LogP contribution in [-0.4, -0.2) is 56.6 Å². The van der Waals surface area contributed by atoms with Crippen molar-refractivity contribution < 1.29 is 9.21 Å². The second-order valence-electron chi connectivity index (χ2n) is 6.86. The molecule has 26 heavy (non-hydrogen) atoms. The molecule has 0 atom stereocenters. The van der Waals surface area contributed by atoms with Crippen LogP contribution in [0.25, 0.3) is 5.78 Å². The fourth-order valence-corrected chi connectivity index (χ4v) is 3.30. The van der Waals surface area contributed by atoms with Gasteiger partial charge in [-0.25, -0.2) is 4.98 Å². The molecule has 1 aliphatic rings. The van der Waals surface area contributed by atoms with E-state index < -0.39 is 0 Å². The largest absolute Gasteiger partial charge is 0.465 e. The second-order valence-corrected chi connectivity index (χ2v) is 6.86. The first kappa shape index (κ1) is 16.6. The average Bonchev–Trinajstić information content (AvgIpc) is 3.27. The number of aromatic nitrogens is 4. The highest BCUT2D eigenvalue weighted by atomic mass is 16.3. The molecule has 1 fully saturated rings. The molecule has 1 amide bonds. The molecule has 0 spiro atoms. The Labute approximate surface area is 151 Å². The monoisotopic (exact) mass is 354 g/mol. The summed E-state index contributed by atoms with van der Waals surface area (Å²) >= 11 is 0. The highest BCUT2D eigenvalue weighted by Crippen LogP contribution is 2.24. The molecule has 8 heteroatoms. The Bertz CT molecular complexity index is 936. The van der Waals surface area contributed by atoms with Crippen LogP contribution in [0.3, 0.4) is 0 Å². The van der Waals surface area contributed by atoms with Crippen molar-refractivity contribution in [1.82, 2.24) is 24.5 Å². The quantitative estimate of drug-likeness (QED) is 0.717. The van der Waals surface area contributed by atoms with E-state index >= 15 is 0 Å². The smallest absolute Gasteiger partial charge is 0.257 e. The van der Waals surface area contributed by atoms with E-state index in [0.29, 0.717) is 30.2 Å². The number of aryl methyl sites for hydroxylation is 1. The van der Waals surface area contributed by atoms with Crippen LogP contribution in [0.5, 0.6) is 0 Å². The maximum atomic E-state index is 12.9. The predicted molar refractivity (Wildman–Crippen MR) is 96.4 cm³/mol. The summed E-state index contributed by atoms with van der Waals surface area (Å²) in [4.78, 5) is 21.2. The van der Waals surface area contributed by atoms with Crippen LogP contribution in [0.4, 0.5) is 5.82 Å². The van der Waals surface area contributed by atoms with E-state index in [1.807, 2.05) is 28.4 Å². The Morgan fingerprint density at radius 1 is 1.23 bits per heavy atom. The van der Waals surface area contributed by atoms with E-state index in [9.17, 15) is 4.79 Å². The summed E-state index contributed by atoms with van der Waals surface area (Å²) < 4.78 is 7.60. The Balaban J connectivity index is 1.48. The number of anilines is 1. The Morgan fingerprint density at radius 2 is 2.00 bits per heavy atom. The lowest BCUT2D eigenvalue weighted by atomic mass is 10.1. The maximum absolute atomic E-state index is 12.9. The lowest BCUT2D eigenvalue weighted by Gasteiger charge is -2.36. The molecule has 0 radical (unpaired) electrons. The summed E-state index contributed by atoms with van der Waals surface area (Å²) in [5.41, 5.74) is 0.673. The average molecular weight is 354 g/mol. The van der Waals surface area contributed by atoms with Gasteiger partial charge in [0.1, 0.15) is 23.7 Å². The Hall–Kier alpha value is -2.90. The number of hydrogen-bond donors (Lipinski definition) is 0. The van der Waals surface area contributed by atoms with Crippen LogP contribution in [0.1, 0.15) is 41.6 Å². The number of nitrogens with zero attached hydrogens (tertiary/aromatic N) is 6. The molecule has 4 heterocycles. The zero-order chi connectivity index (χ0) is 18.3. The molecule has 0 aliphatic carbocycles. The minimum atomic E-state index is 0.0435. The number of furan rings is 1. The summed E-state index contributed by atoms with van der Waals surface area (Å²) in [5.74, 6) is 3.44. The van der Waals surface area contributed by atoms with Gasteiger partial charge in [0.15, 0.2) is 0 Å². The number of fused-ring (bicyclic) bond motifs is 1. The highest BCUT2D eigenvalue weighted by molar-refractivity contribution is 5.95. The highest BCUT2D eigenvalue weighted by Gasteiger charge is 2.26. The van der Waals surface area contributed by atoms with Gasteiger partial charge in [-0.05, 0) is 19.1 Å². The van der Waals surface area contributed by atoms with Crippen molar-refractivity contribution in [2.45, 2.75) is 26.7 Å². The van der Waals surface area contributed by atoms with Crippen LogP contribution in [0.2, 0.25) is 0 Å². The van der Waals surface area contributed by atoms with Gasteiger partial charge in [-0.3, -0.25) is 9.20 Å². The summed E-state index contributed by atoms with van der Waals surface area (Å²) in [6, 6.07) is 3.83. The van der Waals surface area contributed by atoms with Gasteiger partial charge in [0.25, 0.3) is 11.7 Å². The van der Waals surface area contributed by atoms with Crippen molar-refractivity contribution in [3.63, 3.8) is 0 Å². The summed E-state index contributed by atoms with van der Waals surface area (Å²) in [6.45, 7) is 8.79. The van der Waals surface area contributed by atoms with Gasteiger partial charge in [0.2, 0.25) is 0 Å². The van der Waals surface area contributed by atoms with Crippen molar-refractivity contribution in [3.05, 3.63) is 41.7 Å². The van der Waals surface area contributed by atoms with Gasteiger partial charge in [-0.2, -0.15) is 0 Å². The predicted octanol–water partition coefficient (Wildman–Crippen LogP) is 2.11. The van der Waals surface area contributed by atoms with Crippen molar-refractivity contribution in [2.75, 3.05) is 31.1 Å². The Morgan fingerprint density at radius 3 is 2.69 bits per heavy atom. The van der Waals surface area contributed by atoms with E-state index in [-0.39, 0.29) is 11.8 Å². The molecule has 0 unspecified atom stereocenters. The first-order valence-corrected chi connectivity index (χ1v) is 8.84. The standard InChI is InChI=1S/C18H22N6O2/c1-12(2)15-10-14(13(3)26-15)17(25)23-8-6-22(7-9-23)16-4-5-19-18-21-20-11-24(16)18/h4-5,10-12H,6-9H2,1-3H3. The van der Waals surface area contributed by atoms with Crippen molar-refractivity contribution in [1.29, 1.82) is 0 Å². The first-order valence-electron chi connectivity index (χ1n) is 8.84. The van der Waals surface area contributed by atoms with Crippen molar-refractivity contribution in [3.8, 4) is 0 Å². The van der Waals surface area contributed by atoms with E-state index in [0.717, 1.165) is 24.7 Å². The van der Waals surface area contributed by atoms with Gasteiger partial charge in [-0.15, -0.1) is 10.2 Å². The van der Waals surface area contributed by atoms with Gasteiger partial charge in [0, 0.05) is 38.3 Å². The first-order chi connectivity index (χ1) is 12.5. The number of piperazine rings is 1. The molecule has 0 N–H and O–H groups in total. The zero-order valence-electron chi connectivity index (χ0n) is 15.2. The topological polar surface area (TPSA) is 79.8 Å². The van der Waals surface area contributed by atoms with Crippen molar-refractivity contribution in [2.24, 2.45) is 0 Å². The van der Waals surface area contributed by atoms with Gasteiger partial charge >= 0.3 is 0 Å². The minimum Gasteiger partial charge on any atom is -0.465 e. The molecule has 0 bridgehead atoms. The molecular weight excluding hydrogens is 332 g/mol. The van der Waals surface area contributed by atoms with Gasteiger partial charge < -0.3 is 14.2 Å². The van der Waals surface area contributed by atoms with Crippen LogP contribution in [-0.2, 0) is 0 Å². The van der Waals surface area contributed by atoms with Crippen LogP contribution < -0.4 is 4.90 Å². The fraction of sp³-hybridized carbons (Fsp3) is 0.444. The molecule has 0 saturated carbocycles. The third-order valence-electron chi connectivity index (χ3n) is 4.82. The van der Waals surface area contributed by atoms with E-state index in [2.05, 4.69) is 33.9 Å².